The molecule has 1 aromatic heterocycles. The van der Waals surface area contributed by atoms with Gasteiger partial charge in [-0.05, 0) is 26.2 Å². The Labute approximate surface area is 94.7 Å². The third-order valence-electron chi connectivity index (χ3n) is 2.71. The summed E-state index contributed by atoms with van der Waals surface area (Å²) < 4.78 is 5.69. The number of hydrogen-bond donors (Lipinski definition) is 1. The van der Waals surface area contributed by atoms with Crippen LogP contribution < -0.4 is 5.73 Å². The molecule has 0 aromatic carbocycles. The minimum Gasteiger partial charge on any atom is -0.378 e. The lowest BCUT2D eigenvalue weighted by molar-refractivity contribution is 0.0167. The molecule has 0 bridgehead atoms. The van der Waals surface area contributed by atoms with Gasteiger partial charge in [0.1, 0.15) is 0 Å². The van der Waals surface area contributed by atoms with Gasteiger partial charge in [-0.1, -0.05) is 0 Å². The van der Waals surface area contributed by atoms with Gasteiger partial charge in [0.15, 0.2) is 0 Å². The summed E-state index contributed by atoms with van der Waals surface area (Å²) in [5.41, 5.74) is 6.78. The molecule has 4 heteroatoms. The van der Waals surface area contributed by atoms with Gasteiger partial charge < -0.3 is 10.5 Å². The fourth-order valence-electron chi connectivity index (χ4n) is 1.79. The van der Waals surface area contributed by atoms with Gasteiger partial charge in [0.25, 0.3) is 0 Å². The maximum atomic E-state index is 5.77. The third kappa shape index (κ3) is 3.00. The summed E-state index contributed by atoms with van der Waals surface area (Å²) in [6, 6.07) is 0.0438. The molecule has 0 radical (unpaired) electrons. The van der Waals surface area contributed by atoms with E-state index >= 15 is 0 Å². The van der Waals surface area contributed by atoms with Crippen molar-refractivity contribution in [1.82, 2.24) is 4.98 Å². The molecule has 1 aromatic rings. The van der Waals surface area contributed by atoms with Crippen molar-refractivity contribution in [3.05, 3.63) is 16.1 Å². The molecular weight excluding hydrogens is 208 g/mol. The van der Waals surface area contributed by atoms with Crippen molar-refractivity contribution < 1.29 is 4.74 Å². The van der Waals surface area contributed by atoms with Gasteiger partial charge >= 0.3 is 0 Å². The van der Waals surface area contributed by atoms with Gasteiger partial charge in [0.05, 0.1) is 16.8 Å². The van der Waals surface area contributed by atoms with E-state index in [1.165, 1.54) is 19.3 Å². The number of nitrogens with two attached hydrogens (primary N) is 1. The summed E-state index contributed by atoms with van der Waals surface area (Å²) in [5, 5.41) is 3.22. The molecule has 2 atom stereocenters. The van der Waals surface area contributed by atoms with Gasteiger partial charge in [-0.3, -0.25) is 0 Å². The van der Waals surface area contributed by atoms with Gasteiger partial charge in [0, 0.05) is 24.4 Å². The zero-order valence-electron chi connectivity index (χ0n) is 9.11. The fraction of sp³-hybridized carbons (Fsp3) is 0.727. The molecule has 2 heterocycles. The van der Waals surface area contributed by atoms with Crippen LogP contribution in [0.1, 0.15) is 42.9 Å². The fourth-order valence-corrected chi connectivity index (χ4v) is 2.76. The van der Waals surface area contributed by atoms with E-state index in [1.54, 1.807) is 11.3 Å². The minimum absolute atomic E-state index is 0.0438. The van der Waals surface area contributed by atoms with E-state index in [2.05, 4.69) is 10.4 Å². The van der Waals surface area contributed by atoms with Gasteiger partial charge in [0.2, 0.25) is 0 Å². The van der Waals surface area contributed by atoms with Crippen LogP contribution in [0.15, 0.2) is 5.38 Å². The molecule has 15 heavy (non-hydrogen) atoms. The predicted octanol–water partition coefficient (Wildman–Crippen LogP) is 2.27. The number of nitrogens with zero attached hydrogens (tertiary/aromatic N) is 1. The Hall–Kier alpha value is -0.450. The van der Waals surface area contributed by atoms with Crippen LogP contribution in [0.4, 0.5) is 0 Å². The summed E-state index contributed by atoms with van der Waals surface area (Å²) in [5.74, 6) is 0. The molecule has 3 nitrogen and oxygen atoms in total. The van der Waals surface area contributed by atoms with E-state index in [0.717, 1.165) is 23.7 Å². The third-order valence-corrected chi connectivity index (χ3v) is 3.60. The molecule has 2 unspecified atom stereocenters. The Morgan fingerprint density at radius 1 is 1.67 bits per heavy atom. The highest BCUT2D eigenvalue weighted by Crippen LogP contribution is 2.21. The van der Waals surface area contributed by atoms with E-state index < -0.39 is 0 Å². The van der Waals surface area contributed by atoms with Crippen LogP contribution in [-0.4, -0.2) is 17.7 Å². The number of ether oxygens (including phenoxy) is 1. The van der Waals surface area contributed by atoms with E-state index in [-0.39, 0.29) is 6.04 Å². The van der Waals surface area contributed by atoms with Gasteiger partial charge in [-0.2, -0.15) is 0 Å². The maximum absolute atomic E-state index is 5.77. The van der Waals surface area contributed by atoms with E-state index in [9.17, 15) is 0 Å². The smallest absolute Gasteiger partial charge is 0.0954 e. The van der Waals surface area contributed by atoms with Crippen molar-refractivity contribution in [3.63, 3.8) is 0 Å². The Balaban J connectivity index is 1.91. The lowest BCUT2D eigenvalue weighted by Crippen LogP contribution is -2.21. The lowest BCUT2D eigenvalue weighted by atomic mass is 10.1. The second-order valence-corrected chi connectivity index (χ2v) is 5.09. The average Bonchev–Trinajstić information content (AvgIpc) is 2.68. The summed E-state index contributed by atoms with van der Waals surface area (Å²) in [7, 11) is 0. The van der Waals surface area contributed by atoms with E-state index in [0.29, 0.717) is 6.10 Å². The first kappa shape index (κ1) is 11.0. The molecule has 1 fully saturated rings. The second kappa shape index (κ2) is 5.05. The molecule has 2 N–H and O–H groups in total. The predicted molar refractivity (Wildman–Crippen MR) is 62.0 cm³/mol. The molecule has 0 amide bonds. The molecule has 0 spiro atoms. The Kier molecular flexibility index (Phi) is 3.72. The highest BCUT2D eigenvalue weighted by molar-refractivity contribution is 7.09. The summed E-state index contributed by atoms with van der Waals surface area (Å²) in [6.45, 7) is 2.88. The van der Waals surface area contributed by atoms with Gasteiger partial charge in [-0.25, -0.2) is 4.98 Å². The van der Waals surface area contributed by atoms with Crippen LogP contribution in [0.3, 0.4) is 0 Å². The first-order valence-corrected chi connectivity index (χ1v) is 6.45. The van der Waals surface area contributed by atoms with Crippen molar-refractivity contribution in [3.8, 4) is 0 Å². The quantitative estimate of drug-likeness (QED) is 0.860. The van der Waals surface area contributed by atoms with Crippen LogP contribution in [-0.2, 0) is 11.2 Å². The first-order chi connectivity index (χ1) is 7.25. The number of rotatable bonds is 3. The molecule has 1 saturated heterocycles. The average molecular weight is 226 g/mol. The molecule has 84 valence electrons. The standard InChI is InChI=1S/C11H18N2OS/c1-8(12)10-7-15-11(13-10)6-9-4-2-3-5-14-9/h7-9H,2-6,12H2,1H3. The Morgan fingerprint density at radius 2 is 2.53 bits per heavy atom. The highest BCUT2D eigenvalue weighted by Gasteiger charge is 2.16. The summed E-state index contributed by atoms with van der Waals surface area (Å²) in [6.07, 6.45) is 5.01. The molecule has 1 aliphatic heterocycles. The van der Waals surface area contributed by atoms with Crippen LogP contribution in [0, 0.1) is 0 Å². The summed E-state index contributed by atoms with van der Waals surface area (Å²) in [4.78, 5) is 4.52. The molecule has 2 rings (SSSR count). The van der Waals surface area contributed by atoms with Crippen molar-refractivity contribution in [2.24, 2.45) is 5.73 Å². The normalized spacial score (nSPS) is 24.0. The SMILES string of the molecule is CC(N)c1csc(CC2CCCCO2)n1. The molecular formula is C11H18N2OS. The molecule has 0 aliphatic carbocycles. The Morgan fingerprint density at radius 3 is 3.13 bits per heavy atom. The van der Waals surface area contributed by atoms with Crippen LogP contribution in [0.5, 0.6) is 0 Å². The van der Waals surface area contributed by atoms with Crippen molar-refractivity contribution in [1.29, 1.82) is 0 Å². The second-order valence-electron chi connectivity index (χ2n) is 4.15. The van der Waals surface area contributed by atoms with Crippen LogP contribution in [0.2, 0.25) is 0 Å². The molecule has 0 saturated carbocycles. The molecule has 1 aliphatic rings. The largest absolute Gasteiger partial charge is 0.378 e. The number of thiazole rings is 1. The van der Waals surface area contributed by atoms with Gasteiger partial charge in [-0.15, -0.1) is 11.3 Å². The van der Waals surface area contributed by atoms with Crippen molar-refractivity contribution in [2.75, 3.05) is 6.61 Å². The lowest BCUT2D eigenvalue weighted by Gasteiger charge is -2.21. The monoisotopic (exact) mass is 226 g/mol. The maximum Gasteiger partial charge on any atom is 0.0954 e. The first-order valence-electron chi connectivity index (χ1n) is 5.57. The van der Waals surface area contributed by atoms with Crippen LogP contribution >= 0.6 is 11.3 Å². The summed E-state index contributed by atoms with van der Waals surface area (Å²) >= 11 is 1.70. The zero-order chi connectivity index (χ0) is 10.7. The highest BCUT2D eigenvalue weighted by atomic mass is 32.1. The zero-order valence-corrected chi connectivity index (χ0v) is 9.93. The van der Waals surface area contributed by atoms with Crippen molar-refractivity contribution in [2.45, 2.75) is 44.8 Å². The van der Waals surface area contributed by atoms with E-state index in [4.69, 9.17) is 10.5 Å². The Bertz CT molecular complexity index is 305. The van der Waals surface area contributed by atoms with E-state index in [1.807, 2.05) is 6.92 Å². The number of aromatic nitrogens is 1. The minimum atomic E-state index is 0.0438. The topological polar surface area (TPSA) is 48.1 Å². The van der Waals surface area contributed by atoms with Crippen molar-refractivity contribution >= 4 is 11.3 Å². The number of hydrogen-bond acceptors (Lipinski definition) is 4. The van der Waals surface area contributed by atoms with Crippen LogP contribution in [0.25, 0.3) is 0 Å².